The van der Waals surface area contributed by atoms with Gasteiger partial charge in [0.1, 0.15) is 11.3 Å². The van der Waals surface area contributed by atoms with Gasteiger partial charge in [0, 0.05) is 0 Å². The Kier molecular flexibility index (Phi) is 3.70. The fraction of sp³-hybridized carbons (Fsp3) is 0.333. The molecule has 0 aliphatic rings. The summed E-state index contributed by atoms with van der Waals surface area (Å²) in [6.45, 7) is 1.49. The Morgan fingerprint density at radius 1 is 1.62 bits per heavy atom. The highest BCUT2D eigenvalue weighted by Gasteiger charge is 2.24. The van der Waals surface area contributed by atoms with E-state index in [1.54, 1.807) is 0 Å². The SMILES string of the molecule is CCOC(=O)c1c(F)cnc(C(F)F)c1N. The molecule has 1 heterocycles. The highest BCUT2D eigenvalue weighted by Crippen LogP contribution is 2.27. The van der Waals surface area contributed by atoms with Gasteiger partial charge in [0.05, 0.1) is 18.5 Å². The third-order valence-electron chi connectivity index (χ3n) is 1.79. The summed E-state index contributed by atoms with van der Waals surface area (Å²) in [6.07, 6.45) is -2.46. The van der Waals surface area contributed by atoms with Crippen molar-refractivity contribution in [3.8, 4) is 0 Å². The summed E-state index contributed by atoms with van der Waals surface area (Å²) in [4.78, 5) is 14.4. The molecule has 16 heavy (non-hydrogen) atoms. The highest BCUT2D eigenvalue weighted by atomic mass is 19.3. The van der Waals surface area contributed by atoms with E-state index in [4.69, 9.17) is 5.73 Å². The Bertz CT molecular complexity index is 410. The maximum absolute atomic E-state index is 13.2. The van der Waals surface area contributed by atoms with Gasteiger partial charge in [-0.25, -0.2) is 22.9 Å². The molecule has 1 aromatic rings. The summed E-state index contributed by atoms with van der Waals surface area (Å²) >= 11 is 0. The van der Waals surface area contributed by atoms with Gasteiger partial charge in [0.2, 0.25) is 0 Å². The summed E-state index contributed by atoms with van der Waals surface area (Å²) in [5.41, 5.74) is 3.02. The van der Waals surface area contributed by atoms with E-state index < -0.39 is 35.2 Å². The second-order valence-corrected chi connectivity index (χ2v) is 2.80. The summed E-state index contributed by atoms with van der Waals surface area (Å²) in [6, 6.07) is 0. The molecule has 88 valence electrons. The minimum absolute atomic E-state index is 0.00987. The molecule has 0 atom stereocenters. The number of carbonyl (C=O) groups is 1. The van der Waals surface area contributed by atoms with Gasteiger partial charge < -0.3 is 10.5 Å². The molecule has 1 aromatic heterocycles. The molecular formula is C9H9F3N2O2. The summed E-state index contributed by atoms with van der Waals surface area (Å²) in [7, 11) is 0. The zero-order valence-corrected chi connectivity index (χ0v) is 8.34. The number of halogens is 3. The summed E-state index contributed by atoms with van der Waals surface area (Å²) in [5.74, 6) is -2.16. The Morgan fingerprint density at radius 3 is 2.75 bits per heavy atom. The van der Waals surface area contributed by atoms with Crippen LogP contribution in [0.25, 0.3) is 0 Å². The third kappa shape index (κ3) is 2.23. The minimum Gasteiger partial charge on any atom is -0.462 e. The number of ether oxygens (including phenoxy) is 1. The number of nitrogen functional groups attached to an aromatic ring is 1. The van der Waals surface area contributed by atoms with E-state index in [1.807, 2.05) is 0 Å². The van der Waals surface area contributed by atoms with Crippen molar-refractivity contribution in [1.29, 1.82) is 0 Å². The maximum atomic E-state index is 13.2. The summed E-state index contributed by atoms with van der Waals surface area (Å²) < 4.78 is 42.4. The highest BCUT2D eigenvalue weighted by molar-refractivity contribution is 5.95. The molecule has 1 rings (SSSR count). The number of carbonyl (C=O) groups excluding carboxylic acids is 1. The van der Waals surface area contributed by atoms with E-state index in [0.717, 1.165) is 0 Å². The Morgan fingerprint density at radius 2 is 2.25 bits per heavy atom. The van der Waals surface area contributed by atoms with E-state index >= 15 is 0 Å². The number of anilines is 1. The molecule has 0 radical (unpaired) electrons. The molecule has 0 saturated carbocycles. The third-order valence-corrected chi connectivity index (χ3v) is 1.79. The van der Waals surface area contributed by atoms with E-state index in [0.29, 0.717) is 6.20 Å². The molecule has 0 aliphatic carbocycles. The lowest BCUT2D eigenvalue weighted by molar-refractivity contribution is 0.0521. The van der Waals surface area contributed by atoms with E-state index in [2.05, 4.69) is 9.72 Å². The minimum atomic E-state index is -2.98. The average Bonchev–Trinajstić information content (AvgIpc) is 2.17. The fourth-order valence-electron chi connectivity index (χ4n) is 1.10. The van der Waals surface area contributed by atoms with Gasteiger partial charge in [-0.2, -0.15) is 0 Å². The van der Waals surface area contributed by atoms with Crippen molar-refractivity contribution >= 4 is 11.7 Å². The Balaban J connectivity index is 3.26. The number of nitrogens with two attached hydrogens (primary N) is 1. The molecule has 7 heteroatoms. The zero-order valence-electron chi connectivity index (χ0n) is 8.34. The first-order valence-electron chi connectivity index (χ1n) is 4.38. The number of hydrogen-bond acceptors (Lipinski definition) is 4. The molecule has 0 bridgehead atoms. The predicted molar refractivity (Wildman–Crippen MR) is 49.5 cm³/mol. The standard InChI is InChI=1S/C9H9F3N2O2/c1-2-16-9(15)5-4(10)3-14-7(6(5)13)8(11)12/h3,8H,2,13H2,1H3. The largest absolute Gasteiger partial charge is 0.462 e. The second-order valence-electron chi connectivity index (χ2n) is 2.80. The van der Waals surface area contributed by atoms with Gasteiger partial charge in [-0.05, 0) is 6.92 Å². The first-order valence-corrected chi connectivity index (χ1v) is 4.38. The normalized spacial score (nSPS) is 10.6. The van der Waals surface area contributed by atoms with Crippen LogP contribution >= 0.6 is 0 Å². The molecule has 0 saturated heterocycles. The van der Waals surface area contributed by atoms with Gasteiger partial charge in [0.15, 0.2) is 5.82 Å². The molecule has 2 N–H and O–H groups in total. The lowest BCUT2D eigenvalue weighted by atomic mass is 10.1. The number of nitrogens with zero attached hydrogens (tertiary/aromatic N) is 1. The lowest BCUT2D eigenvalue weighted by Gasteiger charge is -2.09. The number of rotatable bonds is 3. The molecule has 0 amide bonds. The van der Waals surface area contributed by atoms with Crippen molar-refractivity contribution in [3.63, 3.8) is 0 Å². The van der Waals surface area contributed by atoms with Gasteiger partial charge >= 0.3 is 5.97 Å². The van der Waals surface area contributed by atoms with Crippen LogP contribution in [0.4, 0.5) is 18.9 Å². The lowest BCUT2D eigenvalue weighted by Crippen LogP contribution is -2.13. The number of esters is 1. The number of hydrogen-bond donors (Lipinski definition) is 1. The van der Waals surface area contributed by atoms with Crippen LogP contribution < -0.4 is 5.73 Å². The van der Waals surface area contributed by atoms with E-state index in [9.17, 15) is 18.0 Å². The number of aromatic nitrogens is 1. The van der Waals surface area contributed by atoms with Crippen LogP contribution in [0.15, 0.2) is 6.20 Å². The van der Waals surface area contributed by atoms with Crippen molar-refractivity contribution in [1.82, 2.24) is 4.98 Å². The average molecular weight is 234 g/mol. The molecule has 0 fully saturated rings. The van der Waals surface area contributed by atoms with Gasteiger partial charge in [-0.15, -0.1) is 0 Å². The first-order chi connectivity index (χ1) is 7.49. The van der Waals surface area contributed by atoms with Crippen molar-refractivity contribution in [2.45, 2.75) is 13.3 Å². The van der Waals surface area contributed by atoms with Crippen LogP contribution in [0.2, 0.25) is 0 Å². The van der Waals surface area contributed by atoms with Gasteiger partial charge in [0.25, 0.3) is 6.43 Å². The van der Waals surface area contributed by atoms with Crippen LogP contribution in [0.5, 0.6) is 0 Å². The number of pyridine rings is 1. The van der Waals surface area contributed by atoms with Gasteiger partial charge in [-0.3, -0.25) is 0 Å². The monoisotopic (exact) mass is 234 g/mol. The molecule has 0 spiro atoms. The van der Waals surface area contributed by atoms with Crippen LogP contribution in [0, 0.1) is 5.82 Å². The molecule has 0 aromatic carbocycles. The maximum Gasteiger partial charge on any atom is 0.343 e. The fourth-order valence-corrected chi connectivity index (χ4v) is 1.10. The summed E-state index contributed by atoms with van der Waals surface area (Å²) in [5, 5.41) is 0. The Hall–Kier alpha value is -1.79. The Labute approximate surface area is 89.2 Å². The smallest absolute Gasteiger partial charge is 0.343 e. The van der Waals surface area contributed by atoms with Crippen LogP contribution in [-0.4, -0.2) is 17.6 Å². The predicted octanol–water partition coefficient (Wildman–Crippen LogP) is 1.92. The molecular weight excluding hydrogens is 225 g/mol. The van der Waals surface area contributed by atoms with Crippen molar-refractivity contribution in [2.24, 2.45) is 0 Å². The quantitative estimate of drug-likeness (QED) is 0.811. The second kappa shape index (κ2) is 4.82. The van der Waals surface area contributed by atoms with Crippen molar-refractivity contribution in [3.05, 3.63) is 23.3 Å². The number of alkyl halides is 2. The van der Waals surface area contributed by atoms with Crippen molar-refractivity contribution in [2.75, 3.05) is 12.3 Å². The topological polar surface area (TPSA) is 65.2 Å². The zero-order chi connectivity index (χ0) is 12.3. The van der Waals surface area contributed by atoms with Gasteiger partial charge in [-0.1, -0.05) is 0 Å². The van der Waals surface area contributed by atoms with Crippen molar-refractivity contribution < 1.29 is 22.7 Å². The van der Waals surface area contributed by atoms with Crippen LogP contribution in [0.3, 0.4) is 0 Å². The first kappa shape index (κ1) is 12.3. The van der Waals surface area contributed by atoms with Crippen LogP contribution in [-0.2, 0) is 4.74 Å². The van der Waals surface area contributed by atoms with Crippen LogP contribution in [0.1, 0.15) is 29.4 Å². The van der Waals surface area contributed by atoms with E-state index in [1.165, 1.54) is 6.92 Å². The molecule has 4 nitrogen and oxygen atoms in total. The molecule has 0 unspecified atom stereocenters. The van der Waals surface area contributed by atoms with E-state index in [-0.39, 0.29) is 6.61 Å². The molecule has 0 aliphatic heterocycles.